The van der Waals surface area contributed by atoms with E-state index in [2.05, 4.69) is 43.5 Å². The van der Waals surface area contributed by atoms with Gasteiger partial charge in [0.2, 0.25) is 5.91 Å². The Kier molecular flexibility index (Phi) is 39.2. The lowest BCUT2D eigenvalue weighted by Crippen LogP contribution is -2.30. The lowest BCUT2D eigenvalue weighted by molar-refractivity contribution is -0.161. The third-order valence-corrected chi connectivity index (χ3v) is 12.5. The quantitative estimate of drug-likeness (QED) is 0.0209. The van der Waals surface area contributed by atoms with E-state index in [4.69, 9.17) is 18.5 Å². The first-order valence-corrected chi connectivity index (χ1v) is 27.6. The number of hydrogen-bond donors (Lipinski definition) is 4. The fraction of sp³-hybridized carbons (Fsp3) is 0.769. The minimum atomic E-state index is -4.63. The second-order valence-corrected chi connectivity index (χ2v) is 19.2. The van der Waals surface area contributed by atoms with Gasteiger partial charge in [-0.1, -0.05) is 141 Å². The number of aromatic hydroxyl groups is 2. The Morgan fingerprint density at radius 3 is 1.52 bits per heavy atom. The van der Waals surface area contributed by atoms with Crippen molar-refractivity contribution >= 4 is 31.5 Å². The Balaban J connectivity index is 2.41. The van der Waals surface area contributed by atoms with Gasteiger partial charge >= 0.3 is 19.8 Å². The second-order valence-electron chi connectivity index (χ2n) is 17.8. The summed E-state index contributed by atoms with van der Waals surface area (Å²) in [4.78, 5) is 60.2. The van der Waals surface area contributed by atoms with Crippen LogP contribution < -0.4 is 5.32 Å². The van der Waals surface area contributed by atoms with Gasteiger partial charge in [0, 0.05) is 44.4 Å². The normalized spacial score (nSPS) is 13.0. The van der Waals surface area contributed by atoms with Gasteiger partial charge in [-0.2, -0.15) is 0 Å². The van der Waals surface area contributed by atoms with E-state index in [1.807, 2.05) is 0 Å². The molecule has 2 unspecified atom stereocenters. The predicted octanol–water partition coefficient (Wildman–Crippen LogP) is 12.8. The number of ketones is 1. The number of Topliss-reactive ketones (excluding diaryl/α,β-unsaturated/α-hetero) is 1. The molecule has 2 atom stereocenters. The molecule has 0 aromatic carbocycles. The molecule has 0 fully saturated rings. The van der Waals surface area contributed by atoms with Crippen molar-refractivity contribution < 1.29 is 57.4 Å². The molecule has 0 saturated heterocycles. The van der Waals surface area contributed by atoms with E-state index in [-0.39, 0.29) is 75.4 Å². The number of esters is 2. The SMILES string of the molecule is CCCCCCCCC=CCCCCCCCC(=O)OCC(COP(=O)(O)OCCNC(=O)CCCCC(=O)Cn1c(O)ccc1O)OC(=O)CCCCCCCC=CCCCCCCCC. The van der Waals surface area contributed by atoms with Gasteiger partial charge in [0.25, 0.3) is 0 Å². The Labute approximate surface area is 404 Å². The van der Waals surface area contributed by atoms with Crippen LogP contribution in [0.5, 0.6) is 11.8 Å². The highest BCUT2D eigenvalue weighted by atomic mass is 31.2. The topological polar surface area (TPSA) is 200 Å². The number of hydrogen-bond acceptors (Lipinski definition) is 11. The average Bonchev–Trinajstić information content (AvgIpc) is 3.62. The number of phosphoric acid groups is 1. The van der Waals surface area contributed by atoms with Gasteiger partial charge in [0.15, 0.2) is 23.6 Å². The van der Waals surface area contributed by atoms with Crippen LogP contribution in [0.15, 0.2) is 36.4 Å². The summed E-state index contributed by atoms with van der Waals surface area (Å²) < 4.78 is 34.9. The zero-order valence-electron chi connectivity index (χ0n) is 41.6. The van der Waals surface area contributed by atoms with E-state index in [0.29, 0.717) is 25.7 Å². The summed E-state index contributed by atoms with van der Waals surface area (Å²) >= 11 is 0. The highest BCUT2D eigenvalue weighted by Crippen LogP contribution is 2.43. The highest BCUT2D eigenvalue weighted by Gasteiger charge is 2.26. The first-order valence-electron chi connectivity index (χ1n) is 26.1. The highest BCUT2D eigenvalue weighted by molar-refractivity contribution is 7.47. The lowest BCUT2D eigenvalue weighted by atomic mass is 10.1. The van der Waals surface area contributed by atoms with E-state index in [1.54, 1.807) is 0 Å². The number of allylic oxidation sites excluding steroid dienone is 4. The number of phosphoric ester groups is 1. The fourth-order valence-electron chi connectivity index (χ4n) is 7.43. The fourth-order valence-corrected chi connectivity index (χ4v) is 8.18. The summed E-state index contributed by atoms with van der Waals surface area (Å²) in [6, 6.07) is 2.57. The summed E-state index contributed by atoms with van der Waals surface area (Å²) in [5.41, 5.74) is 0. The molecule has 15 heteroatoms. The van der Waals surface area contributed by atoms with Gasteiger partial charge < -0.3 is 29.9 Å². The molecule has 0 aliphatic rings. The third-order valence-electron chi connectivity index (χ3n) is 11.5. The molecule has 1 aromatic heterocycles. The minimum Gasteiger partial charge on any atom is -0.494 e. The summed E-state index contributed by atoms with van der Waals surface area (Å²) in [6.45, 7) is 3.00. The van der Waals surface area contributed by atoms with E-state index < -0.39 is 32.5 Å². The second kappa shape index (κ2) is 42.6. The first-order chi connectivity index (χ1) is 32.5. The summed E-state index contributed by atoms with van der Waals surface area (Å²) in [7, 11) is -4.63. The molecule has 1 heterocycles. The maximum absolute atomic E-state index is 12.8. The van der Waals surface area contributed by atoms with Crippen molar-refractivity contribution in [3.8, 4) is 11.8 Å². The number of amides is 1. The van der Waals surface area contributed by atoms with Crippen molar-refractivity contribution in [3.05, 3.63) is 36.4 Å². The molecule has 1 rings (SSSR count). The zero-order chi connectivity index (χ0) is 49.1. The van der Waals surface area contributed by atoms with Crippen LogP contribution >= 0.6 is 7.82 Å². The Morgan fingerprint density at radius 1 is 0.582 bits per heavy atom. The number of carbonyl (C=O) groups is 4. The van der Waals surface area contributed by atoms with Crippen LogP contribution in [0.1, 0.15) is 219 Å². The molecule has 0 aliphatic heterocycles. The van der Waals surface area contributed by atoms with Gasteiger partial charge in [-0.3, -0.25) is 32.8 Å². The maximum Gasteiger partial charge on any atom is 0.472 e. The molecular formula is C52H91N2O12P. The van der Waals surface area contributed by atoms with Gasteiger partial charge in [0.05, 0.1) is 19.8 Å². The van der Waals surface area contributed by atoms with Crippen molar-refractivity contribution in [2.75, 3.05) is 26.4 Å². The van der Waals surface area contributed by atoms with Crippen LogP contribution in [0.3, 0.4) is 0 Å². The molecule has 14 nitrogen and oxygen atoms in total. The summed E-state index contributed by atoms with van der Waals surface area (Å²) in [5.74, 6) is -1.94. The van der Waals surface area contributed by atoms with Crippen LogP contribution in [-0.2, 0) is 48.8 Å². The van der Waals surface area contributed by atoms with Crippen LogP contribution in [0.4, 0.5) is 0 Å². The Bertz CT molecular complexity index is 1510. The van der Waals surface area contributed by atoms with E-state index in [9.17, 15) is 38.8 Å². The summed E-state index contributed by atoms with van der Waals surface area (Å²) in [6.07, 6.45) is 39.1. The Hall–Kier alpha value is -3.45. The van der Waals surface area contributed by atoms with Crippen molar-refractivity contribution in [3.63, 3.8) is 0 Å². The van der Waals surface area contributed by atoms with E-state index in [0.717, 1.165) is 81.6 Å². The lowest BCUT2D eigenvalue weighted by Gasteiger charge is -2.20. The molecule has 0 spiro atoms. The van der Waals surface area contributed by atoms with Gasteiger partial charge in [0.1, 0.15) is 6.61 Å². The van der Waals surface area contributed by atoms with Crippen LogP contribution in [0.25, 0.3) is 0 Å². The number of carbonyl (C=O) groups excluding carboxylic acids is 4. The standard InChI is InChI=1S/C52H91N2O12P/c1-3-5-7-9-11-13-15-17-19-21-23-25-27-29-31-37-51(59)63-44-47(66-52(60)38-32-30-28-26-24-22-20-18-16-14-12-10-8-6-4-2)45-65-67(61,62)64-42-41-53-48(56)36-34-33-35-46(55)43-54-49(57)39-40-50(54)58/h17-20,39-40,47,57-58H,3-16,21-38,41-45H2,1-2H3,(H,53,56)(H,61,62). The molecular weight excluding hydrogens is 876 g/mol. The molecule has 0 radical (unpaired) electrons. The minimum absolute atomic E-state index is 0.0831. The molecule has 1 aromatic rings. The smallest absolute Gasteiger partial charge is 0.472 e. The largest absolute Gasteiger partial charge is 0.494 e. The number of unbranched alkanes of at least 4 members (excludes halogenated alkanes) is 23. The molecule has 4 N–H and O–H groups in total. The van der Waals surface area contributed by atoms with Gasteiger partial charge in [-0.25, -0.2) is 4.57 Å². The Morgan fingerprint density at radius 2 is 1.01 bits per heavy atom. The van der Waals surface area contributed by atoms with Crippen LogP contribution in [0.2, 0.25) is 0 Å². The number of nitrogens with zero attached hydrogens (tertiary/aromatic N) is 1. The predicted molar refractivity (Wildman–Crippen MR) is 266 cm³/mol. The molecule has 386 valence electrons. The monoisotopic (exact) mass is 967 g/mol. The van der Waals surface area contributed by atoms with E-state index in [1.165, 1.54) is 89.2 Å². The van der Waals surface area contributed by atoms with Crippen LogP contribution in [-0.4, -0.2) is 75.8 Å². The maximum atomic E-state index is 12.8. The van der Waals surface area contributed by atoms with Crippen LogP contribution in [0, 0.1) is 0 Å². The van der Waals surface area contributed by atoms with Crippen molar-refractivity contribution in [1.29, 1.82) is 0 Å². The first kappa shape index (κ1) is 61.6. The summed E-state index contributed by atoms with van der Waals surface area (Å²) in [5, 5.41) is 22.0. The number of aromatic nitrogens is 1. The van der Waals surface area contributed by atoms with Gasteiger partial charge in [-0.05, 0) is 77.0 Å². The molecule has 67 heavy (non-hydrogen) atoms. The van der Waals surface area contributed by atoms with Crippen molar-refractivity contribution in [1.82, 2.24) is 9.88 Å². The third kappa shape index (κ3) is 38.1. The molecule has 0 saturated carbocycles. The number of ether oxygens (including phenoxy) is 2. The molecule has 0 bridgehead atoms. The zero-order valence-corrected chi connectivity index (χ0v) is 42.5. The number of nitrogens with one attached hydrogen (secondary N) is 1. The molecule has 1 amide bonds. The van der Waals surface area contributed by atoms with E-state index >= 15 is 0 Å². The molecule has 0 aliphatic carbocycles. The van der Waals surface area contributed by atoms with Gasteiger partial charge in [-0.15, -0.1) is 0 Å². The average molecular weight is 967 g/mol. The number of rotatable bonds is 47. The van der Waals surface area contributed by atoms with Crippen molar-refractivity contribution in [2.24, 2.45) is 0 Å². The van der Waals surface area contributed by atoms with Crippen molar-refractivity contribution in [2.45, 2.75) is 232 Å².